The minimum absolute atomic E-state index is 0.317. The summed E-state index contributed by atoms with van der Waals surface area (Å²) in [6.07, 6.45) is 4.96. The van der Waals surface area contributed by atoms with E-state index in [1.54, 1.807) is 4.91 Å². The van der Waals surface area contributed by atoms with E-state index in [4.69, 9.17) is 0 Å². The number of allylic oxidation sites excluding steroid dienone is 2. The van der Waals surface area contributed by atoms with Gasteiger partial charge in [0.1, 0.15) is 0 Å². The Balaban J connectivity index is 1.31. The molecule has 4 aromatic carbocycles. The van der Waals surface area contributed by atoms with Gasteiger partial charge in [-0.25, -0.2) is 0 Å². The average Bonchev–Trinajstić information content (AvgIpc) is 2.91. The molecular weight excluding hydrogens is 481 g/mol. The number of hydrogen-bond acceptors (Lipinski definition) is 4. The van der Waals surface area contributed by atoms with Crippen molar-refractivity contribution in [3.63, 3.8) is 0 Å². The van der Waals surface area contributed by atoms with Crippen LogP contribution in [0.3, 0.4) is 0 Å². The van der Waals surface area contributed by atoms with Crippen LogP contribution in [0.25, 0.3) is 0 Å². The first-order valence-electron chi connectivity index (χ1n) is 12.4. The summed E-state index contributed by atoms with van der Waals surface area (Å²) in [7, 11) is 0. The summed E-state index contributed by atoms with van der Waals surface area (Å²) in [5, 5.41) is 0. The van der Waals surface area contributed by atoms with E-state index in [0.717, 1.165) is 0 Å². The Morgan fingerprint density at radius 3 is 2.23 bits per heavy atom. The van der Waals surface area contributed by atoms with Crippen molar-refractivity contribution in [3.05, 3.63) is 95.5 Å². The molecule has 3 heterocycles. The lowest BCUT2D eigenvalue weighted by atomic mass is 9.36. The van der Waals surface area contributed by atoms with Crippen molar-refractivity contribution in [1.82, 2.24) is 0 Å². The molecule has 1 nitrogen and oxygen atoms in total. The standard InChI is InChI=1S/C30H22BNS3/c1-4-11-24-20(8-1)31-21-17-16-19(18-29(21)35-28-15-7-14-27(33-24)30(28)31)32-22-9-2-5-12-25(22)34-26-13-6-3-10-23(26)32/h1-2,4-5,7-9,11-12,14-18H,3,6,10,13H2. The van der Waals surface area contributed by atoms with Gasteiger partial charge in [-0.2, -0.15) is 0 Å². The number of rotatable bonds is 1. The lowest BCUT2D eigenvalue weighted by molar-refractivity contribution is 0.680. The summed E-state index contributed by atoms with van der Waals surface area (Å²) in [5.74, 6) is 0. The highest BCUT2D eigenvalue weighted by atomic mass is 32.2. The highest BCUT2D eigenvalue weighted by Gasteiger charge is 2.38. The first kappa shape index (κ1) is 20.7. The van der Waals surface area contributed by atoms with Crippen LogP contribution in [0.5, 0.6) is 0 Å². The molecule has 0 bridgehead atoms. The maximum atomic E-state index is 2.57. The second-order valence-electron chi connectivity index (χ2n) is 9.55. The van der Waals surface area contributed by atoms with Gasteiger partial charge in [0.2, 0.25) is 6.71 Å². The quantitative estimate of drug-likeness (QED) is 0.219. The highest BCUT2D eigenvalue weighted by molar-refractivity contribution is 8.03. The van der Waals surface area contributed by atoms with Gasteiger partial charge in [0.05, 0.1) is 5.69 Å². The van der Waals surface area contributed by atoms with Crippen LogP contribution in [-0.2, 0) is 0 Å². The summed E-state index contributed by atoms with van der Waals surface area (Å²) in [4.78, 5) is 11.1. The fraction of sp³-hybridized carbons (Fsp3) is 0.133. The normalized spacial score (nSPS) is 17.3. The van der Waals surface area contributed by atoms with Crippen molar-refractivity contribution in [2.75, 3.05) is 4.90 Å². The van der Waals surface area contributed by atoms with Gasteiger partial charge < -0.3 is 4.90 Å². The van der Waals surface area contributed by atoms with E-state index in [1.165, 1.54) is 83.6 Å². The molecule has 0 spiro atoms. The third kappa shape index (κ3) is 3.14. The molecule has 3 aliphatic heterocycles. The van der Waals surface area contributed by atoms with E-state index in [-0.39, 0.29) is 0 Å². The van der Waals surface area contributed by atoms with Crippen molar-refractivity contribution in [3.8, 4) is 0 Å². The van der Waals surface area contributed by atoms with Crippen LogP contribution in [0.2, 0.25) is 0 Å². The third-order valence-corrected chi connectivity index (χ3v) is 11.1. The second kappa shape index (κ2) is 8.02. The van der Waals surface area contributed by atoms with Crippen molar-refractivity contribution in [2.24, 2.45) is 0 Å². The molecule has 4 aliphatic rings. The fourth-order valence-corrected chi connectivity index (χ4v) is 9.69. The van der Waals surface area contributed by atoms with Gasteiger partial charge in [-0.1, -0.05) is 88.7 Å². The molecule has 168 valence electrons. The molecule has 5 heteroatoms. The van der Waals surface area contributed by atoms with E-state index in [9.17, 15) is 0 Å². The zero-order valence-corrected chi connectivity index (χ0v) is 21.6. The first-order valence-corrected chi connectivity index (χ1v) is 14.8. The monoisotopic (exact) mass is 503 g/mol. The van der Waals surface area contributed by atoms with Crippen LogP contribution in [0.1, 0.15) is 25.7 Å². The number of benzene rings is 4. The molecular formula is C30H22BNS3. The number of thioether (sulfide) groups is 1. The van der Waals surface area contributed by atoms with Gasteiger partial charge in [-0.15, -0.1) is 0 Å². The van der Waals surface area contributed by atoms with E-state index < -0.39 is 0 Å². The minimum atomic E-state index is 0.317. The maximum Gasteiger partial charge on any atom is 0.247 e. The average molecular weight is 504 g/mol. The fourth-order valence-electron chi connectivity index (χ4n) is 6.01. The lowest BCUT2D eigenvalue weighted by Gasteiger charge is -2.38. The number of nitrogens with zero attached hydrogens (tertiary/aromatic N) is 1. The van der Waals surface area contributed by atoms with Crippen LogP contribution in [-0.4, -0.2) is 6.71 Å². The zero-order valence-electron chi connectivity index (χ0n) is 19.2. The van der Waals surface area contributed by atoms with Crippen LogP contribution < -0.4 is 21.3 Å². The summed E-state index contributed by atoms with van der Waals surface area (Å²) >= 11 is 5.87. The summed E-state index contributed by atoms with van der Waals surface area (Å²) < 4.78 is 0. The Morgan fingerprint density at radius 1 is 0.600 bits per heavy atom. The molecule has 8 rings (SSSR count). The summed E-state index contributed by atoms with van der Waals surface area (Å²) in [6.45, 7) is 0.317. The molecule has 0 saturated carbocycles. The number of para-hydroxylation sites is 1. The molecule has 0 atom stereocenters. The second-order valence-corrected chi connectivity index (χ2v) is 12.9. The molecule has 1 aliphatic carbocycles. The van der Waals surface area contributed by atoms with Gasteiger partial charge in [0.25, 0.3) is 0 Å². The van der Waals surface area contributed by atoms with Crippen LogP contribution in [0, 0.1) is 0 Å². The van der Waals surface area contributed by atoms with Gasteiger partial charge in [-0.05, 0) is 73.6 Å². The van der Waals surface area contributed by atoms with E-state index in [1.807, 2.05) is 35.3 Å². The third-order valence-electron chi connectivity index (χ3n) is 7.55. The molecule has 0 fully saturated rings. The molecule has 4 aromatic rings. The molecule has 0 unspecified atom stereocenters. The van der Waals surface area contributed by atoms with Crippen molar-refractivity contribution in [2.45, 2.75) is 50.2 Å². The minimum Gasteiger partial charge on any atom is -0.312 e. The van der Waals surface area contributed by atoms with E-state index in [0.29, 0.717) is 6.71 Å². The lowest BCUT2D eigenvalue weighted by Crippen LogP contribution is -2.57. The highest BCUT2D eigenvalue weighted by Crippen LogP contribution is 2.51. The SMILES string of the molecule is c1ccc2c(c1)Sc1cccc3c1B2c1ccc(N2C4=C(CCCC4)Sc4ccccc42)cc1S3. The Labute approximate surface area is 219 Å². The molecule has 0 amide bonds. The van der Waals surface area contributed by atoms with Gasteiger partial charge in [-0.3, -0.25) is 0 Å². The largest absolute Gasteiger partial charge is 0.312 e. The number of fused-ring (bicyclic) bond motifs is 5. The smallest absolute Gasteiger partial charge is 0.247 e. The van der Waals surface area contributed by atoms with E-state index in [2.05, 4.69) is 89.8 Å². The van der Waals surface area contributed by atoms with Gasteiger partial charge in [0, 0.05) is 40.8 Å². The topological polar surface area (TPSA) is 3.24 Å². The van der Waals surface area contributed by atoms with Crippen LogP contribution in [0.4, 0.5) is 11.4 Å². The predicted octanol–water partition coefficient (Wildman–Crippen LogP) is 7.16. The Morgan fingerprint density at radius 2 is 1.31 bits per heavy atom. The van der Waals surface area contributed by atoms with E-state index >= 15 is 0 Å². The van der Waals surface area contributed by atoms with Crippen molar-refractivity contribution < 1.29 is 0 Å². The summed E-state index contributed by atoms with van der Waals surface area (Å²) in [5.41, 5.74) is 8.55. The zero-order chi connectivity index (χ0) is 22.9. The van der Waals surface area contributed by atoms with Gasteiger partial charge in [0.15, 0.2) is 0 Å². The van der Waals surface area contributed by atoms with Crippen LogP contribution >= 0.6 is 35.3 Å². The van der Waals surface area contributed by atoms with Crippen molar-refractivity contribution in [1.29, 1.82) is 0 Å². The van der Waals surface area contributed by atoms with Gasteiger partial charge >= 0.3 is 0 Å². The Bertz CT molecular complexity index is 1560. The first-order chi connectivity index (χ1) is 17.3. The molecule has 0 aromatic heterocycles. The Kier molecular flexibility index (Phi) is 4.75. The molecule has 0 radical (unpaired) electrons. The summed E-state index contributed by atoms with van der Waals surface area (Å²) in [6, 6.07) is 32.0. The number of hydrogen-bond donors (Lipinski definition) is 0. The predicted molar refractivity (Wildman–Crippen MR) is 152 cm³/mol. The molecule has 35 heavy (non-hydrogen) atoms. The van der Waals surface area contributed by atoms with Crippen molar-refractivity contribution >= 4 is 69.8 Å². The molecule has 0 saturated heterocycles. The van der Waals surface area contributed by atoms with Crippen LogP contribution in [0.15, 0.2) is 120 Å². The number of anilines is 2. The maximum absolute atomic E-state index is 2.57. The Hall–Kier alpha value is -2.47. The molecule has 0 N–H and O–H groups in total.